The van der Waals surface area contributed by atoms with Gasteiger partial charge in [-0.1, -0.05) is 23.7 Å². The van der Waals surface area contributed by atoms with Crippen molar-refractivity contribution in [2.45, 2.75) is 11.8 Å². The first kappa shape index (κ1) is 17.5. The molecule has 130 valence electrons. The van der Waals surface area contributed by atoms with Gasteiger partial charge in [-0.3, -0.25) is 4.57 Å². The Morgan fingerprint density at radius 2 is 1.64 bits per heavy atom. The van der Waals surface area contributed by atoms with E-state index in [1.54, 1.807) is 19.2 Å². The highest BCUT2D eigenvalue weighted by molar-refractivity contribution is 7.89. The number of nitrogens with zero attached hydrogens (tertiary/aromatic N) is 1. The van der Waals surface area contributed by atoms with Crippen molar-refractivity contribution in [1.82, 2.24) is 4.57 Å². The number of benzene rings is 2. The zero-order valence-electron chi connectivity index (χ0n) is 13.7. The van der Waals surface area contributed by atoms with Gasteiger partial charge in [-0.15, -0.1) is 0 Å². The van der Waals surface area contributed by atoms with Crippen molar-refractivity contribution < 1.29 is 13.2 Å². The second-order valence-electron chi connectivity index (χ2n) is 5.61. The van der Waals surface area contributed by atoms with Gasteiger partial charge in [-0.25, -0.2) is 13.6 Å². The highest BCUT2D eigenvalue weighted by Gasteiger charge is 2.15. The molecule has 0 aliphatic heterocycles. The molecule has 7 heteroatoms. The molecule has 0 aliphatic rings. The van der Waals surface area contributed by atoms with Crippen LogP contribution in [-0.4, -0.2) is 20.1 Å². The van der Waals surface area contributed by atoms with E-state index in [1.165, 1.54) is 12.1 Å². The molecule has 0 unspecified atom stereocenters. The lowest BCUT2D eigenvalue weighted by molar-refractivity contribution is 0.415. The van der Waals surface area contributed by atoms with E-state index < -0.39 is 10.0 Å². The molecule has 0 amide bonds. The number of sulfonamides is 1. The number of primary sulfonamides is 1. The van der Waals surface area contributed by atoms with Crippen molar-refractivity contribution in [2.24, 2.45) is 5.14 Å². The standard InChI is InChI=1S/C18H17ClN2O3S/c1-12-11-17(13-3-9-16(10-4-13)25(20,22)23)21(18(12)19)14-5-7-15(24-2)8-6-14/h3-11H,1-2H3,(H2,20,22,23). The van der Waals surface area contributed by atoms with Gasteiger partial charge in [-0.2, -0.15) is 0 Å². The molecule has 0 saturated heterocycles. The van der Waals surface area contributed by atoms with E-state index in [4.69, 9.17) is 21.5 Å². The summed E-state index contributed by atoms with van der Waals surface area (Å²) >= 11 is 6.49. The summed E-state index contributed by atoms with van der Waals surface area (Å²) in [6.45, 7) is 1.92. The summed E-state index contributed by atoms with van der Waals surface area (Å²) in [6.07, 6.45) is 0. The van der Waals surface area contributed by atoms with Crippen molar-refractivity contribution in [1.29, 1.82) is 0 Å². The summed E-state index contributed by atoms with van der Waals surface area (Å²) in [7, 11) is -2.11. The Bertz CT molecular complexity index is 1010. The van der Waals surface area contributed by atoms with Crippen molar-refractivity contribution in [2.75, 3.05) is 7.11 Å². The monoisotopic (exact) mass is 376 g/mol. The summed E-state index contributed by atoms with van der Waals surface area (Å²) in [5, 5.41) is 5.75. The first-order chi connectivity index (χ1) is 11.8. The van der Waals surface area contributed by atoms with Gasteiger partial charge in [0.25, 0.3) is 0 Å². The first-order valence-corrected chi connectivity index (χ1v) is 9.39. The number of aromatic nitrogens is 1. The first-order valence-electron chi connectivity index (χ1n) is 7.47. The minimum atomic E-state index is -3.72. The predicted molar refractivity (Wildman–Crippen MR) is 98.9 cm³/mol. The smallest absolute Gasteiger partial charge is 0.238 e. The molecule has 0 atom stereocenters. The van der Waals surface area contributed by atoms with Crippen LogP contribution in [0.15, 0.2) is 59.5 Å². The van der Waals surface area contributed by atoms with Gasteiger partial charge in [0.15, 0.2) is 0 Å². The fraction of sp³-hybridized carbons (Fsp3) is 0.111. The third-order valence-corrected chi connectivity index (χ3v) is 5.32. The lowest BCUT2D eigenvalue weighted by Gasteiger charge is -2.12. The van der Waals surface area contributed by atoms with E-state index >= 15 is 0 Å². The van der Waals surface area contributed by atoms with Gasteiger partial charge in [0.1, 0.15) is 10.9 Å². The maximum absolute atomic E-state index is 11.4. The van der Waals surface area contributed by atoms with Gasteiger partial charge in [-0.05, 0) is 60.5 Å². The average Bonchev–Trinajstić information content (AvgIpc) is 2.89. The molecule has 0 spiro atoms. The highest BCUT2D eigenvalue weighted by atomic mass is 35.5. The fourth-order valence-corrected chi connectivity index (χ4v) is 3.38. The van der Waals surface area contributed by atoms with Crippen molar-refractivity contribution in [3.8, 4) is 22.7 Å². The molecule has 1 aromatic heterocycles. The lowest BCUT2D eigenvalue weighted by Crippen LogP contribution is -2.11. The van der Waals surface area contributed by atoms with Crippen LogP contribution in [0.5, 0.6) is 5.75 Å². The quantitative estimate of drug-likeness (QED) is 0.753. The van der Waals surface area contributed by atoms with Gasteiger partial charge in [0, 0.05) is 5.69 Å². The van der Waals surface area contributed by atoms with Crippen LogP contribution in [0.2, 0.25) is 5.15 Å². The van der Waals surface area contributed by atoms with Crippen LogP contribution in [0.25, 0.3) is 16.9 Å². The summed E-state index contributed by atoms with van der Waals surface area (Å²) < 4.78 is 29.9. The van der Waals surface area contributed by atoms with Gasteiger partial charge < -0.3 is 4.74 Å². The molecule has 2 aromatic carbocycles. The normalized spacial score (nSPS) is 11.5. The molecular weight excluding hydrogens is 360 g/mol. The third-order valence-electron chi connectivity index (χ3n) is 3.93. The molecule has 0 bridgehead atoms. The summed E-state index contributed by atoms with van der Waals surface area (Å²) in [4.78, 5) is 0.0709. The van der Waals surface area contributed by atoms with Crippen LogP contribution in [-0.2, 0) is 10.0 Å². The molecule has 0 saturated carbocycles. The molecule has 0 radical (unpaired) electrons. The zero-order valence-corrected chi connectivity index (χ0v) is 15.3. The number of halogens is 1. The van der Waals surface area contributed by atoms with Gasteiger partial charge in [0.05, 0.1) is 17.7 Å². The number of hydrogen-bond donors (Lipinski definition) is 1. The Hall–Kier alpha value is -2.28. The van der Waals surface area contributed by atoms with Crippen LogP contribution < -0.4 is 9.88 Å². The summed E-state index contributed by atoms with van der Waals surface area (Å²) in [6, 6.07) is 15.9. The fourth-order valence-electron chi connectivity index (χ4n) is 2.62. The lowest BCUT2D eigenvalue weighted by atomic mass is 10.1. The van der Waals surface area contributed by atoms with E-state index in [0.717, 1.165) is 28.3 Å². The Labute approximate surface area is 151 Å². The van der Waals surface area contributed by atoms with Crippen LogP contribution in [0.4, 0.5) is 0 Å². The van der Waals surface area contributed by atoms with Crippen molar-refractivity contribution in [3.63, 3.8) is 0 Å². The van der Waals surface area contributed by atoms with E-state index in [9.17, 15) is 8.42 Å². The largest absolute Gasteiger partial charge is 0.497 e. The third kappa shape index (κ3) is 3.42. The van der Waals surface area contributed by atoms with Crippen LogP contribution in [0.3, 0.4) is 0 Å². The number of methoxy groups -OCH3 is 1. The van der Waals surface area contributed by atoms with E-state index in [1.807, 2.05) is 41.8 Å². The van der Waals surface area contributed by atoms with Crippen molar-refractivity contribution >= 4 is 21.6 Å². The Morgan fingerprint density at radius 3 is 2.16 bits per heavy atom. The molecule has 3 aromatic rings. The number of ether oxygens (including phenoxy) is 1. The zero-order chi connectivity index (χ0) is 18.2. The molecule has 2 N–H and O–H groups in total. The topological polar surface area (TPSA) is 74.3 Å². The van der Waals surface area contributed by atoms with Crippen molar-refractivity contribution in [3.05, 3.63) is 65.3 Å². The molecular formula is C18H17ClN2O3S. The molecule has 1 heterocycles. The Morgan fingerprint density at radius 1 is 1.04 bits per heavy atom. The van der Waals surface area contributed by atoms with Crippen LogP contribution in [0, 0.1) is 6.92 Å². The molecule has 0 fully saturated rings. The van der Waals surface area contributed by atoms with Crippen LogP contribution in [0.1, 0.15) is 5.56 Å². The molecule has 25 heavy (non-hydrogen) atoms. The second kappa shape index (κ2) is 6.55. The Balaban J connectivity index is 2.12. The van der Waals surface area contributed by atoms with E-state index in [2.05, 4.69) is 0 Å². The average molecular weight is 377 g/mol. The van der Waals surface area contributed by atoms with Gasteiger partial charge in [0.2, 0.25) is 10.0 Å². The van der Waals surface area contributed by atoms with Gasteiger partial charge >= 0.3 is 0 Å². The number of nitrogens with two attached hydrogens (primary N) is 1. The summed E-state index contributed by atoms with van der Waals surface area (Å²) in [5.74, 6) is 0.753. The predicted octanol–water partition coefficient (Wildman–Crippen LogP) is 3.76. The maximum atomic E-state index is 11.4. The van der Waals surface area contributed by atoms with E-state index in [-0.39, 0.29) is 4.90 Å². The number of aryl methyl sites for hydroxylation is 1. The SMILES string of the molecule is COc1ccc(-n2c(-c3ccc(S(N)(=O)=O)cc3)cc(C)c2Cl)cc1. The summed E-state index contributed by atoms with van der Waals surface area (Å²) in [5.41, 5.74) is 3.49. The maximum Gasteiger partial charge on any atom is 0.238 e. The Kier molecular flexibility index (Phi) is 4.60. The molecule has 3 rings (SSSR count). The number of hydrogen-bond acceptors (Lipinski definition) is 3. The van der Waals surface area contributed by atoms with Crippen LogP contribution >= 0.6 is 11.6 Å². The van der Waals surface area contributed by atoms with E-state index in [0.29, 0.717) is 5.15 Å². The second-order valence-corrected chi connectivity index (χ2v) is 7.53. The number of rotatable bonds is 4. The molecule has 5 nitrogen and oxygen atoms in total. The molecule has 0 aliphatic carbocycles. The highest BCUT2D eigenvalue weighted by Crippen LogP contribution is 2.33. The minimum absolute atomic E-state index is 0.0709. The minimum Gasteiger partial charge on any atom is -0.497 e.